The number of halogens is 1. The number of ether oxygens (including phenoxy) is 2. The first-order valence-corrected chi connectivity index (χ1v) is 7.87. The van der Waals surface area contributed by atoms with E-state index >= 15 is 0 Å². The number of nitrogens with zero attached hydrogens (tertiary/aromatic N) is 2. The van der Waals surface area contributed by atoms with Gasteiger partial charge in [0.1, 0.15) is 5.75 Å². The molecule has 122 valence electrons. The minimum atomic E-state index is 0.00195. The maximum absolute atomic E-state index is 12.7. The fraction of sp³-hybridized carbons (Fsp3) is 0.562. The summed E-state index contributed by atoms with van der Waals surface area (Å²) >= 11 is 5.96. The molecule has 22 heavy (non-hydrogen) atoms. The van der Waals surface area contributed by atoms with Gasteiger partial charge in [-0.25, -0.2) is 0 Å². The number of benzene rings is 1. The van der Waals surface area contributed by atoms with Gasteiger partial charge in [0.2, 0.25) is 0 Å². The molecule has 6 heteroatoms. The molecule has 0 radical (unpaired) electrons. The number of carbonyl (C=O) groups excluding carboxylic acids is 1. The Morgan fingerprint density at radius 3 is 2.77 bits per heavy atom. The van der Waals surface area contributed by atoms with Gasteiger partial charge < -0.3 is 14.4 Å². The Balaban J connectivity index is 2.04. The van der Waals surface area contributed by atoms with Crippen molar-refractivity contribution in [3.05, 3.63) is 28.8 Å². The topological polar surface area (TPSA) is 42.0 Å². The van der Waals surface area contributed by atoms with E-state index in [1.807, 2.05) is 4.90 Å². The molecule has 0 N–H and O–H groups in total. The molecule has 1 aliphatic heterocycles. The van der Waals surface area contributed by atoms with E-state index in [0.717, 1.165) is 39.2 Å². The van der Waals surface area contributed by atoms with Gasteiger partial charge in [-0.2, -0.15) is 0 Å². The fourth-order valence-corrected chi connectivity index (χ4v) is 2.79. The molecule has 0 aromatic heterocycles. The molecule has 0 spiro atoms. The monoisotopic (exact) mass is 326 g/mol. The third kappa shape index (κ3) is 4.35. The van der Waals surface area contributed by atoms with Crippen LogP contribution in [0, 0.1) is 0 Å². The van der Waals surface area contributed by atoms with Crippen molar-refractivity contribution in [1.29, 1.82) is 0 Å². The minimum absolute atomic E-state index is 0.00195. The standard InChI is InChI=1S/C16H23ClN2O3/c1-21-11-10-18-6-3-7-19(9-8-18)16(20)14-5-4-13(17)12-15(14)22-2/h4-5,12H,3,6-11H2,1-2H3. The van der Waals surface area contributed by atoms with Crippen molar-refractivity contribution in [1.82, 2.24) is 9.80 Å². The molecule has 0 atom stereocenters. The van der Waals surface area contributed by atoms with Crippen molar-refractivity contribution in [2.75, 3.05) is 53.6 Å². The lowest BCUT2D eigenvalue weighted by atomic mass is 10.1. The Labute approximate surface area is 136 Å². The van der Waals surface area contributed by atoms with E-state index in [4.69, 9.17) is 21.1 Å². The summed E-state index contributed by atoms with van der Waals surface area (Å²) in [5.41, 5.74) is 0.567. The van der Waals surface area contributed by atoms with Crippen molar-refractivity contribution < 1.29 is 14.3 Å². The summed E-state index contributed by atoms with van der Waals surface area (Å²) in [5.74, 6) is 0.528. The maximum Gasteiger partial charge on any atom is 0.257 e. The van der Waals surface area contributed by atoms with E-state index in [0.29, 0.717) is 22.9 Å². The SMILES string of the molecule is COCCN1CCCN(C(=O)c2ccc(Cl)cc2OC)CC1. The number of amides is 1. The molecule has 5 nitrogen and oxygen atoms in total. The first-order chi connectivity index (χ1) is 10.7. The van der Waals surface area contributed by atoms with E-state index in [2.05, 4.69) is 4.90 Å². The lowest BCUT2D eigenvalue weighted by molar-refractivity contribution is 0.0756. The Bertz CT molecular complexity index is 510. The second kappa shape index (κ2) is 8.36. The normalized spacial score (nSPS) is 16.4. The number of rotatable bonds is 5. The summed E-state index contributed by atoms with van der Waals surface area (Å²) in [6.45, 7) is 4.96. The van der Waals surface area contributed by atoms with Crippen LogP contribution in [0.1, 0.15) is 16.8 Å². The number of carbonyl (C=O) groups is 1. The van der Waals surface area contributed by atoms with Crippen LogP contribution >= 0.6 is 11.6 Å². The predicted molar refractivity (Wildman–Crippen MR) is 86.8 cm³/mol. The highest BCUT2D eigenvalue weighted by atomic mass is 35.5. The quantitative estimate of drug-likeness (QED) is 0.831. The van der Waals surface area contributed by atoms with E-state index < -0.39 is 0 Å². The first kappa shape index (κ1) is 17.1. The molecule has 0 unspecified atom stereocenters. The Morgan fingerprint density at radius 1 is 1.23 bits per heavy atom. The first-order valence-electron chi connectivity index (χ1n) is 7.50. The lowest BCUT2D eigenvalue weighted by Gasteiger charge is -2.22. The fourth-order valence-electron chi connectivity index (χ4n) is 2.63. The lowest BCUT2D eigenvalue weighted by Crippen LogP contribution is -2.36. The van der Waals surface area contributed by atoms with Gasteiger partial charge in [-0.1, -0.05) is 11.6 Å². The van der Waals surface area contributed by atoms with Crippen LogP contribution in [0.25, 0.3) is 0 Å². The van der Waals surface area contributed by atoms with Crippen LogP contribution in [-0.2, 0) is 4.74 Å². The molecule has 1 fully saturated rings. The van der Waals surface area contributed by atoms with Gasteiger partial charge in [0.15, 0.2) is 0 Å². The molecule has 1 aliphatic rings. The molecule has 1 saturated heterocycles. The zero-order valence-corrected chi connectivity index (χ0v) is 13.9. The van der Waals surface area contributed by atoms with Crippen LogP contribution in [0.2, 0.25) is 5.02 Å². The van der Waals surface area contributed by atoms with Gasteiger partial charge in [0, 0.05) is 38.3 Å². The van der Waals surface area contributed by atoms with Crippen LogP contribution in [0.3, 0.4) is 0 Å². The van der Waals surface area contributed by atoms with Crippen molar-refractivity contribution in [3.8, 4) is 5.75 Å². The van der Waals surface area contributed by atoms with Gasteiger partial charge in [0.25, 0.3) is 5.91 Å². The second-order valence-corrected chi connectivity index (χ2v) is 5.76. The van der Waals surface area contributed by atoms with Gasteiger partial charge in [-0.15, -0.1) is 0 Å². The zero-order chi connectivity index (χ0) is 15.9. The largest absolute Gasteiger partial charge is 0.496 e. The Hall–Kier alpha value is -1.30. The molecule has 2 rings (SSSR count). The van der Waals surface area contributed by atoms with Gasteiger partial charge in [-0.05, 0) is 31.2 Å². The van der Waals surface area contributed by atoms with Crippen LogP contribution in [0.4, 0.5) is 0 Å². The van der Waals surface area contributed by atoms with Crippen LogP contribution in [0.5, 0.6) is 5.75 Å². The predicted octanol–water partition coefficient (Wildman–Crippen LogP) is 2.14. The van der Waals surface area contributed by atoms with E-state index in [-0.39, 0.29) is 5.91 Å². The number of hydrogen-bond donors (Lipinski definition) is 0. The van der Waals surface area contributed by atoms with Crippen LogP contribution in [0.15, 0.2) is 18.2 Å². The molecule has 1 aromatic rings. The minimum Gasteiger partial charge on any atom is -0.496 e. The van der Waals surface area contributed by atoms with Crippen molar-refractivity contribution in [2.24, 2.45) is 0 Å². The number of hydrogen-bond acceptors (Lipinski definition) is 4. The summed E-state index contributed by atoms with van der Waals surface area (Å²) in [6.07, 6.45) is 0.964. The van der Waals surface area contributed by atoms with Crippen molar-refractivity contribution in [2.45, 2.75) is 6.42 Å². The van der Waals surface area contributed by atoms with E-state index in [1.165, 1.54) is 0 Å². The van der Waals surface area contributed by atoms with Crippen molar-refractivity contribution in [3.63, 3.8) is 0 Å². The van der Waals surface area contributed by atoms with E-state index in [9.17, 15) is 4.79 Å². The Morgan fingerprint density at radius 2 is 2.05 bits per heavy atom. The smallest absolute Gasteiger partial charge is 0.257 e. The van der Waals surface area contributed by atoms with Gasteiger partial charge in [0.05, 0.1) is 19.3 Å². The summed E-state index contributed by atoms with van der Waals surface area (Å²) in [5, 5.41) is 0.565. The van der Waals surface area contributed by atoms with Crippen LogP contribution < -0.4 is 4.74 Å². The summed E-state index contributed by atoms with van der Waals surface area (Å²) in [7, 11) is 3.26. The molecule has 0 aliphatic carbocycles. The average Bonchev–Trinajstić information content (AvgIpc) is 2.77. The molecular formula is C16H23ClN2O3. The van der Waals surface area contributed by atoms with E-state index in [1.54, 1.807) is 32.4 Å². The average molecular weight is 327 g/mol. The number of methoxy groups -OCH3 is 2. The zero-order valence-electron chi connectivity index (χ0n) is 13.2. The second-order valence-electron chi connectivity index (χ2n) is 5.32. The maximum atomic E-state index is 12.7. The van der Waals surface area contributed by atoms with Gasteiger partial charge in [-0.3, -0.25) is 9.69 Å². The van der Waals surface area contributed by atoms with Crippen molar-refractivity contribution >= 4 is 17.5 Å². The molecular weight excluding hydrogens is 304 g/mol. The molecule has 0 bridgehead atoms. The van der Waals surface area contributed by atoms with Crippen LogP contribution in [-0.4, -0.2) is 69.3 Å². The molecule has 1 heterocycles. The van der Waals surface area contributed by atoms with Gasteiger partial charge >= 0.3 is 0 Å². The Kier molecular flexibility index (Phi) is 6.49. The highest BCUT2D eigenvalue weighted by molar-refractivity contribution is 6.30. The molecule has 1 aromatic carbocycles. The molecule has 1 amide bonds. The summed E-state index contributed by atoms with van der Waals surface area (Å²) < 4.78 is 10.4. The third-order valence-electron chi connectivity index (χ3n) is 3.88. The summed E-state index contributed by atoms with van der Waals surface area (Å²) in [4.78, 5) is 16.9. The third-order valence-corrected chi connectivity index (χ3v) is 4.12. The molecule has 0 saturated carbocycles. The summed E-state index contributed by atoms with van der Waals surface area (Å²) in [6, 6.07) is 5.13. The highest BCUT2D eigenvalue weighted by Crippen LogP contribution is 2.24. The highest BCUT2D eigenvalue weighted by Gasteiger charge is 2.22.